The fourth-order valence-electron chi connectivity index (χ4n) is 3.16. The molecule has 0 radical (unpaired) electrons. The second-order valence-corrected chi connectivity index (χ2v) is 8.39. The number of thiophene rings is 1. The van der Waals surface area contributed by atoms with Crippen LogP contribution in [0.5, 0.6) is 0 Å². The summed E-state index contributed by atoms with van der Waals surface area (Å²) in [4.78, 5) is 25.5. The second-order valence-electron chi connectivity index (χ2n) is 6.23. The molecule has 1 saturated carbocycles. The number of thioether (sulfide) groups is 1. The highest BCUT2D eigenvalue weighted by Crippen LogP contribution is 2.34. The fourth-order valence-corrected chi connectivity index (χ4v) is 5.20. The highest BCUT2D eigenvalue weighted by Gasteiger charge is 2.22. The van der Waals surface area contributed by atoms with E-state index in [2.05, 4.69) is 23.8 Å². The Bertz CT molecular complexity index is 707. The van der Waals surface area contributed by atoms with Crippen molar-refractivity contribution in [2.24, 2.45) is 0 Å². The second kappa shape index (κ2) is 7.18. The van der Waals surface area contributed by atoms with E-state index >= 15 is 0 Å². The van der Waals surface area contributed by atoms with Gasteiger partial charge in [-0.25, -0.2) is 9.97 Å². The average molecular weight is 350 g/mol. The minimum Gasteiger partial charge on any atom is -0.342 e. The summed E-state index contributed by atoms with van der Waals surface area (Å²) >= 11 is 3.24. The number of carbonyl (C=O) groups is 1. The van der Waals surface area contributed by atoms with Gasteiger partial charge >= 0.3 is 0 Å². The molecule has 0 bridgehead atoms. The zero-order valence-electron chi connectivity index (χ0n) is 14.0. The number of aromatic nitrogens is 2. The Kier molecular flexibility index (Phi) is 5.21. The minimum absolute atomic E-state index is 0.207. The molecule has 1 aliphatic rings. The van der Waals surface area contributed by atoms with E-state index in [0.717, 1.165) is 28.1 Å². The van der Waals surface area contributed by atoms with Crippen LogP contribution in [0.25, 0.3) is 10.2 Å². The monoisotopic (exact) mass is 349 g/mol. The van der Waals surface area contributed by atoms with Crippen LogP contribution in [0, 0.1) is 13.8 Å². The molecular weight excluding hydrogens is 326 g/mol. The van der Waals surface area contributed by atoms with Crippen LogP contribution in [0.4, 0.5) is 0 Å². The third-order valence-electron chi connectivity index (χ3n) is 4.78. The van der Waals surface area contributed by atoms with Crippen LogP contribution in [0.1, 0.15) is 42.5 Å². The molecule has 2 aromatic heterocycles. The number of rotatable bonds is 4. The maximum absolute atomic E-state index is 12.5. The summed E-state index contributed by atoms with van der Waals surface area (Å²) in [6, 6.07) is 0.424. The van der Waals surface area contributed by atoms with Crippen LogP contribution in [0.15, 0.2) is 11.4 Å². The van der Waals surface area contributed by atoms with Gasteiger partial charge in [-0.3, -0.25) is 4.79 Å². The molecular formula is C17H23N3OS2. The first kappa shape index (κ1) is 16.7. The molecule has 23 heavy (non-hydrogen) atoms. The van der Waals surface area contributed by atoms with E-state index in [1.54, 1.807) is 29.4 Å². The first-order chi connectivity index (χ1) is 11.1. The van der Waals surface area contributed by atoms with E-state index in [-0.39, 0.29) is 5.91 Å². The van der Waals surface area contributed by atoms with Crippen molar-refractivity contribution in [2.75, 3.05) is 12.8 Å². The van der Waals surface area contributed by atoms with Gasteiger partial charge in [-0.2, -0.15) is 0 Å². The summed E-state index contributed by atoms with van der Waals surface area (Å²) in [6.07, 6.45) is 7.70. The third kappa shape index (κ3) is 3.53. The van der Waals surface area contributed by atoms with Crippen molar-refractivity contribution >= 4 is 39.2 Å². The van der Waals surface area contributed by atoms with Crippen LogP contribution < -0.4 is 0 Å². The fraction of sp³-hybridized carbons (Fsp3) is 0.588. The van der Waals surface area contributed by atoms with E-state index in [4.69, 9.17) is 0 Å². The Hall–Kier alpha value is -1.14. The summed E-state index contributed by atoms with van der Waals surface area (Å²) in [5.41, 5.74) is 1.24. The first-order valence-electron chi connectivity index (χ1n) is 8.17. The number of hydrogen-bond acceptors (Lipinski definition) is 5. The summed E-state index contributed by atoms with van der Waals surface area (Å²) < 4.78 is 0. The summed E-state index contributed by atoms with van der Waals surface area (Å²) in [5, 5.41) is 2.05. The summed E-state index contributed by atoms with van der Waals surface area (Å²) in [7, 11) is 1.95. The summed E-state index contributed by atoms with van der Waals surface area (Å²) in [6.45, 7) is 4.22. The zero-order chi connectivity index (χ0) is 16.4. The molecule has 1 amide bonds. The van der Waals surface area contributed by atoms with Crippen LogP contribution >= 0.6 is 23.1 Å². The van der Waals surface area contributed by atoms with Crippen molar-refractivity contribution in [2.45, 2.75) is 57.0 Å². The SMILES string of the molecule is Cc1sc2ncnc(SCC(=O)N(C)C3CCCCC3)c2c1C. The Labute approximate surface area is 145 Å². The summed E-state index contributed by atoms with van der Waals surface area (Å²) in [5.74, 6) is 0.659. The molecule has 1 aliphatic carbocycles. The maximum Gasteiger partial charge on any atom is 0.232 e. The van der Waals surface area contributed by atoms with Crippen LogP contribution in [0.3, 0.4) is 0 Å². The lowest BCUT2D eigenvalue weighted by Gasteiger charge is -2.31. The van der Waals surface area contributed by atoms with Gasteiger partial charge in [-0.05, 0) is 32.3 Å². The lowest BCUT2D eigenvalue weighted by atomic mass is 9.94. The van der Waals surface area contributed by atoms with Crippen LogP contribution in [-0.2, 0) is 4.79 Å². The van der Waals surface area contributed by atoms with E-state index in [1.165, 1.54) is 29.7 Å². The molecule has 2 heterocycles. The van der Waals surface area contributed by atoms with Gasteiger partial charge in [-0.15, -0.1) is 11.3 Å². The number of carbonyl (C=O) groups excluding carboxylic acids is 1. The number of aryl methyl sites for hydroxylation is 2. The quantitative estimate of drug-likeness (QED) is 0.613. The largest absolute Gasteiger partial charge is 0.342 e. The molecule has 3 rings (SSSR count). The van der Waals surface area contributed by atoms with Crippen molar-refractivity contribution in [3.05, 3.63) is 16.8 Å². The van der Waals surface area contributed by atoms with E-state index in [0.29, 0.717) is 11.8 Å². The Morgan fingerprint density at radius 3 is 2.78 bits per heavy atom. The van der Waals surface area contributed by atoms with Gasteiger partial charge in [-0.1, -0.05) is 31.0 Å². The van der Waals surface area contributed by atoms with E-state index in [9.17, 15) is 4.79 Å². The lowest BCUT2D eigenvalue weighted by molar-refractivity contribution is -0.129. The molecule has 0 N–H and O–H groups in total. The van der Waals surface area contributed by atoms with Gasteiger partial charge in [0.15, 0.2) is 0 Å². The van der Waals surface area contributed by atoms with Crippen molar-refractivity contribution in [1.82, 2.24) is 14.9 Å². The average Bonchev–Trinajstić information content (AvgIpc) is 2.88. The molecule has 0 unspecified atom stereocenters. The van der Waals surface area contributed by atoms with Gasteiger partial charge in [0.25, 0.3) is 0 Å². The molecule has 0 saturated heterocycles. The van der Waals surface area contributed by atoms with E-state index in [1.807, 2.05) is 11.9 Å². The van der Waals surface area contributed by atoms with Crippen molar-refractivity contribution < 1.29 is 4.79 Å². The van der Waals surface area contributed by atoms with Gasteiger partial charge in [0.05, 0.1) is 5.75 Å². The topological polar surface area (TPSA) is 46.1 Å². The first-order valence-corrected chi connectivity index (χ1v) is 9.97. The molecule has 0 atom stereocenters. The normalized spacial score (nSPS) is 16.0. The molecule has 124 valence electrons. The van der Waals surface area contributed by atoms with Crippen molar-refractivity contribution in [3.63, 3.8) is 0 Å². The molecule has 2 aromatic rings. The number of amides is 1. The molecule has 4 nitrogen and oxygen atoms in total. The lowest BCUT2D eigenvalue weighted by Crippen LogP contribution is -2.39. The Balaban J connectivity index is 1.69. The predicted molar refractivity (Wildman–Crippen MR) is 97.3 cm³/mol. The maximum atomic E-state index is 12.5. The zero-order valence-corrected chi connectivity index (χ0v) is 15.6. The van der Waals surface area contributed by atoms with Crippen LogP contribution in [-0.4, -0.2) is 39.6 Å². The van der Waals surface area contributed by atoms with Gasteiger partial charge in [0, 0.05) is 23.4 Å². The van der Waals surface area contributed by atoms with Crippen molar-refractivity contribution in [3.8, 4) is 0 Å². The number of fused-ring (bicyclic) bond motifs is 1. The molecule has 6 heteroatoms. The number of nitrogens with zero attached hydrogens (tertiary/aromatic N) is 3. The smallest absolute Gasteiger partial charge is 0.232 e. The highest BCUT2D eigenvalue weighted by molar-refractivity contribution is 8.00. The molecule has 0 aliphatic heterocycles. The van der Waals surface area contributed by atoms with Crippen molar-refractivity contribution in [1.29, 1.82) is 0 Å². The minimum atomic E-state index is 0.207. The standard InChI is InChI=1S/C17H23N3OS2/c1-11-12(2)23-17-15(11)16(18-10-19-17)22-9-14(21)20(3)13-7-5-4-6-8-13/h10,13H,4-9H2,1-3H3. The Morgan fingerprint density at radius 1 is 1.30 bits per heavy atom. The third-order valence-corrected chi connectivity index (χ3v) is 6.87. The Morgan fingerprint density at radius 2 is 2.04 bits per heavy atom. The molecule has 0 aromatic carbocycles. The molecule has 0 spiro atoms. The highest BCUT2D eigenvalue weighted by atomic mass is 32.2. The molecule has 1 fully saturated rings. The van der Waals surface area contributed by atoms with Gasteiger partial charge in [0.2, 0.25) is 5.91 Å². The van der Waals surface area contributed by atoms with Gasteiger partial charge in [0.1, 0.15) is 16.2 Å². The predicted octanol–water partition coefficient (Wildman–Crippen LogP) is 4.19. The van der Waals surface area contributed by atoms with Crippen LogP contribution in [0.2, 0.25) is 0 Å². The van der Waals surface area contributed by atoms with Gasteiger partial charge < -0.3 is 4.90 Å². The number of hydrogen-bond donors (Lipinski definition) is 0. The van der Waals surface area contributed by atoms with E-state index < -0.39 is 0 Å².